The number of hydrogen-bond donors (Lipinski definition) is 0. The molecular formula is C10H9ClIN3. The highest BCUT2D eigenvalue weighted by Gasteiger charge is 2.08. The van der Waals surface area contributed by atoms with Gasteiger partial charge in [0.15, 0.2) is 0 Å². The van der Waals surface area contributed by atoms with E-state index in [0.29, 0.717) is 5.15 Å². The Kier molecular flexibility index (Phi) is 3.25. The van der Waals surface area contributed by atoms with Crippen LogP contribution < -0.4 is 0 Å². The number of hydrogen-bond acceptors (Lipinski definition) is 2. The molecule has 2 aromatic heterocycles. The van der Waals surface area contributed by atoms with Crippen LogP contribution in [0.15, 0.2) is 30.6 Å². The quantitative estimate of drug-likeness (QED) is 0.624. The van der Waals surface area contributed by atoms with Crippen molar-refractivity contribution in [2.45, 2.75) is 13.0 Å². The molecule has 0 radical (unpaired) electrons. The van der Waals surface area contributed by atoms with Crippen LogP contribution in [0.2, 0.25) is 5.15 Å². The van der Waals surface area contributed by atoms with E-state index in [1.54, 1.807) is 12.3 Å². The van der Waals surface area contributed by atoms with Gasteiger partial charge in [-0.15, -0.1) is 0 Å². The minimum Gasteiger partial charge on any atom is -0.264 e. The average molecular weight is 334 g/mol. The molecule has 78 valence electrons. The lowest BCUT2D eigenvalue weighted by Gasteiger charge is -2.11. The van der Waals surface area contributed by atoms with Crippen LogP contribution in [0.5, 0.6) is 0 Å². The van der Waals surface area contributed by atoms with E-state index < -0.39 is 0 Å². The summed E-state index contributed by atoms with van der Waals surface area (Å²) in [6.07, 6.45) is 3.74. The van der Waals surface area contributed by atoms with E-state index in [-0.39, 0.29) is 6.04 Å². The standard InChI is InChI=1S/C10H9ClIN3/c1-7(15-5-4-10(12)14-15)8-2-3-9(11)13-6-8/h2-7H,1H3. The molecule has 5 heteroatoms. The predicted octanol–water partition coefficient (Wildman–Crippen LogP) is 3.15. The molecule has 0 bridgehead atoms. The van der Waals surface area contributed by atoms with Gasteiger partial charge in [-0.2, -0.15) is 5.10 Å². The summed E-state index contributed by atoms with van der Waals surface area (Å²) in [6.45, 7) is 2.08. The zero-order valence-electron chi connectivity index (χ0n) is 8.06. The summed E-state index contributed by atoms with van der Waals surface area (Å²) in [5, 5.41) is 4.87. The molecule has 0 aliphatic rings. The molecule has 0 aliphatic heterocycles. The molecule has 0 fully saturated rings. The molecule has 0 saturated heterocycles. The first-order valence-corrected chi connectivity index (χ1v) is 5.94. The van der Waals surface area contributed by atoms with Crippen molar-refractivity contribution in [2.75, 3.05) is 0 Å². The third-order valence-electron chi connectivity index (χ3n) is 2.21. The Balaban J connectivity index is 2.28. The van der Waals surface area contributed by atoms with Crippen molar-refractivity contribution in [1.29, 1.82) is 0 Å². The number of nitrogens with zero attached hydrogens (tertiary/aromatic N) is 3. The zero-order chi connectivity index (χ0) is 10.8. The SMILES string of the molecule is CC(c1ccc(Cl)nc1)n1ccc(I)n1. The molecule has 0 aromatic carbocycles. The second-order valence-corrected chi connectivity index (χ2v) is 4.70. The molecule has 2 aromatic rings. The molecule has 0 aliphatic carbocycles. The Morgan fingerprint density at radius 3 is 2.73 bits per heavy atom. The molecule has 1 unspecified atom stereocenters. The van der Waals surface area contributed by atoms with E-state index in [9.17, 15) is 0 Å². The van der Waals surface area contributed by atoms with Crippen LogP contribution >= 0.6 is 34.2 Å². The van der Waals surface area contributed by atoms with Crippen molar-refractivity contribution in [3.8, 4) is 0 Å². The van der Waals surface area contributed by atoms with Crippen molar-refractivity contribution in [2.24, 2.45) is 0 Å². The van der Waals surface area contributed by atoms with Gasteiger partial charge in [0.05, 0.1) is 6.04 Å². The lowest BCUT2D eigenvalue weighted by Crippen LogP contribution is -2.07. The summed E-state index contributed by atoms with van der Waals surface area (Å²) in [5.74, 6) is 0. The Morgan fingerprint density at radius 2 is 2.20 bits per heavy atom. The minimum atomic E-state index is 0.179. The van der Waals surface area contributed by atoms with Gasteiger partial charge in [-0.1, -0.05) is 17.7 Å². The molecule has 0 amide bonds. The summed E-state index contributed by atoms with van der Waals surface area (Å²) in [5.41, 5.74) is 1.10. The summed E-state index contributed by atoms with van der Waals surface area (Å²) in [7, 11) is 0. The van der Waals surface area contributed by atoms with Gasteiger partial charge in [0.25, 0.3) is 0 Å². The van der Waals surface area contributed by atoms with Crippen molar-refractivity contribution in [3.63, 3.8) is 0 Å². The van der Waals surface area contributed by atoms with Crippen LogP contribution in [0.25, 0.3) is 0 Å². The maximum absolute atomic E-state index is 5.73. The maximum atomic E-state index is 5.73. The summed E-state index contributed by atoms with van der Waals surface area (Å²) >= 11 is 7.92. The van der Waals surface area contributed by atoms with Crippen LogP contribution in [0.1, 0.15) is 18.5 Å². The number of pyridine rings is 1. The lowest BCUT2D eigenvalue weighted by atomic mass is 10.1. The van der Waals surface area contributed by atoms with Gasteiger partial charge in [0.1, 0.15) is 8.85 Å². The van der Waals surface area contributed by atoms with E-state index in [2.05, 4.69) is 39.6 Å². The molecule has 15 heavy (non-hydrogen) atoms. The Hall–Kier alpha value is -0.620. The third-order valence-corrected chi connectivity index (χ3v) is 3.00. The van der Waals surface area contributed by atoms with Crippen molar-refractivity contribution >= 4 is 34.2 Å². The van der Waals surface area contributed by atoms with Gasteiger partial charge in [-0.05, 0) is 47.2 Å². The van der Waals surface area contributed by atoms with E-state index in [1.807, 2.05) is 23.0 Å². The number of aromatic nitrogens is 3. The van der Waals surface area contributed by atoms with E-state index in [1.165, 1.54) is 0 Å². The fraction of sp³-hybridized carbons (Fsp3) is 0.200. The fourth-order valence-corrected chi connectivity index (χ4v) is 1.84. The van der Waals surface area contributed by atoms with E-state index >= 15 is 0 Å². The molecule has 0 spiro atoms. The highest BCUT2D eigenvalue weighted by Crippen LogP contribution is 2.18. The largest absolute Gasteiger partial charge is 0.264 e. The third kappa shape index (κ3) is 2.49. The van der Waals surface area contributed by atoms with Gasteiger partial charge in [0.2, 0.25) is 0 Å². The van der Waals surface area contributed by atoms with Gasteiger partial charge in [-0.3, -0.25) is 4.68 Å². The highest BCUT2D eigenvalue weighted by molar-refractivity contribution is 14.1. The second kappa shape index (κ2) is 4.49. The van der Waals surface area contributed by atoms with Crippen LogP contribution in [-0.2, 0) is 0 Å². The second-order valence-electron chi connectivity index (χ2n) is 3.21. The normalized spacial score (nSPS) is 12.7. The summed E-state index contributed by atoms with van der Waals surface area (Å²) < 4.78 is 2.90. The summed E-state index contributed by atoms with van der Waals surface area (Å²) in [4.78, 5) is 4.05. The van der Waals surface area contributed by atoms with E-state index in [4.69, 9.17) is 11.6 Å². The van der Waals surface area contributed by atoms with Crippen molar-refractivity contribution < 1.29 is 0 Å². The first-order chi connectivity index (χ1) is 7.16. The first-order valence-electron chi connectivity index (χ1n) is 4.49. The number of halogens is 2. The van der Waals surface area contributed by atoms with Gasteiger partial charge in [0, 0.05) is 12.4 Å². The van der Waals surface area contributed by atoms with Gasteiger partial charge < -0.3 is 0 Å². The van der Waals surface area contributed by atoms with Crippen LogP contribution in [0, 0.1) is 3.70 Å². The maximum Gasteiger partial charge on any atom is 0.129 e. The minimum absolute atomic E-state index is 0.179. The molecule has 3 nitrogen and oxygen atoms in total. The Labute approximate surface area is 107 Å². The number of rotatable bonds is 2. The zero-order valence-corrected chi connectivity index (χ0v) is 11.0. The highest BCUT2D eigenvalue weighted by atomic mass is 127. The van der Waals surface area contributed by atoms with Crippen molar-refractivity contribution in [3.05, 3.63) is 45.0 Å². The van der Waals surface area contributed by atoms with Crippen molar-refractivity contribution in [1.82, 2.24) is 14.8 Å². The van der Waals surface area contributed by atoms with Crippen LogP contribution in [-0.4, -0.2) is 14.8 Å². The van der Waals surface area contributed by atoms with Gasteiger partial charge >= 0.3 is 0 Å². The topological polar surface area (TPSA) is 30.7 Å². The fourth-order valence-electron chi connectivity index (χ4n) is 1.32. The molecule has 0 saturated carbocycles. The predicted molar refractivity (Wildman–Crippen MR) is 68.0 cm³/mol. The molecular weight excluding hydrogens is 324 g/mol. The van der Waals surface area contributed by atoms with Gasteiger partial charge in [-0.25, -0.2) is 4.98 Å². The smallest absolute Gasteiger partial charge is 0.129 e. The lowest BCUT2D eigenvalue weighted by molar-refractivity contribution is 0.559. The molecule has 0 N–H and O–H groups in total. The summed E-state index contributed by atoms with van der Waals surface area (Å²) in [6, 6.07) is 5.91. The van der Waals surface area contributed by atoms with Crippen LogP contribution in [0.3, 0.4) is 0 Å². The average Bonchev–Trinajstić information content (AvgIpc) is 2.65. The van der Waals surface area contributed by atoms with Crippen LogP contribution in [0.4, 0.5) is 0 Å². The Bertz CT molecular complexity index is 452. The Morgan fingerprint density at radius 1 is 1.40 bits per heavy atom. The molecule has 2 rings (SSSR count). The monoisotopic (exact) mass is 333 g/mol. The molecule has 2 heterocycles. The first kappa shape index (κ1) is 10.9. The molecule has 1 atom stereocenters. The van der Waals surface area contributed by atoms with E-state index in [0.717, 1.165) is 9.26 Å².